The van der Waals surface area contributed by atoms with E-state index in [9.17, 15) is 5.21 Å². The lowest BCUT2D eigenvalue weighted by Crippen LogP contribution is -2.08. The standard InChI is InChI=1S/C13H17N6O2/c1-19(2)9-6-4-8(5-7-9)15-11-10(18-20)12(21-3)17-13(14)16-11/h4-7,18H,1-3H3,(H3,14,15,16,17)/q-1. The van der Waals surface area contributed by atoms with Gasteiger partial charge in [0.25, 0.3) is 0 Å². The minimum absolute atomic E-state index is 0.0123. The van der Waals surface area contributed by atoms with Crippen molar-refractivity contribution in [3.05, 3.63) is 29.5 Å². The number of methoxy groups -OCH3 is 1. The molecule has 0 aliphatic carbocycles. The molecule has 1 heterocycles. The molecular formula is C13H17N6O2-. The topological polar surface area (TPSA) is 111 Å². The van der Waals surface area contributed by atoms with E-state index in [0.29, 0.717) is 0 Å². The summed E-state index contributed by atoms with van der Waals surface area (Å²) in [7, 11) is 5.31. The van der Waals surface area contributed by atoms with Gasteiger partial charge in [-0.15, -0.1) is 0 Å². The van der Waals surface area contributed by atoms with E-state index >= 15 is 0 Å². The Hall–Kier alpha value is -2.74. The molecule has 8 nitrogen and oxygen atoms in total. The van der Waals surface area contributed by atoms with Gasteiger partial charge in [0, 0.05) is 25.5 Å². The van der Waals surface area contributed by atoms with Crippen LogP contribution in [-0.4, -0.2) is 31.2 Å². The molecule has 0 aliphatic rings. The highest BCUT2D eigenvalue weighted by Crippen LogP contribution is 2.32. The van der Waals surface area contributed by atoms with Crippen LogP contribution >= 0.6 is 0 Å². The molecule has 0 radical (unpaired) electrons. The van der Waals surface area contributed by atoms with E-state index in [1.807, 2.05) is 43.3 Å². The van der Waals surface area contributed by atoms with Crippen LogP contribution in [0, 0.1) is 5.21 Å². The third-order valence-corrected chi connectivity index (χ3v) is 2.83. The molecule has 0 bridgehead atoms. The van der Waals surface area contributed by atoms with E-state index < -0.39 is 0 Å². The summed E-state index contributed by atoms with van der Waals surface area (Å²) in [5.74, 6) is 0.357. The van der Waals surface area contributed by atoms with Gasteiger partial charge in [0.1, 0.15) is 5.69 Å². The number of anilines is 5. The minimum Gasteiger partial charge on any atom is -0.761 e. The zero-order valence-electron chi connectivity index (χ0n) is 12.0. The van der Waals surface area contributed by atoms with Gasteiger partial charge in [0.05, 0.1) is 7.11 Å². The summed E-state index contributed by atoms with van der Waals surface area (Å²) in [5, 5.41) is 14.1. The van der Waals surface area contributed by atoms with E-state index in [1.54, 1.807) is 5.48 Å². The fourth-order valence-corrected chi connectivity index (χ4v) is 1.77. The summed E-state index contributed by atoms with van der Waals surface area (Å²) >= 11 is 0. The van der Waals surface area contributed by atoms with Gasteiger partial charge >= 0.3 is 0 Å². The maximum absolute atomic E-state index is 11.1. The van der Waals surface area contributed by atoms with Gasteiger partial charge in [0.15, 0.2) is 5.82 Å². The fraction of sp³-hybridized carbons (Fsp3) is 0.231. The Morgan fingerprint density at radius 1 is 1.19 bits per heavy atom. The number of nitrogens with one attached hydrogen (secondary N) is 2. The Balaban J connectivity index is 2.32. The molecule has 1 aromatic carbocycles. The summed E-state index contributed by atoms with van der Waals surface area (Å²) in [6.07, 6.45) is 0. The van der Waals surface area contributed by atoms with E-state index in [4.69, 9.17) is 10.5 Å². The van der Waals surface area contributed by atoms with Crippen LogP contribution in [0.1, 0.15) is 0 Å². The van der Waals surface area contributed by atoms with E-state index in [0.717, 1.165) is 11.4 Å². The Labute approximate surface area is 122 Å². The van der Waals surface area contributed by atoms with Crippen molar-refractivity contribution in [2.24, 2.45) is 0 Å². The third-order valence-electron chi connectivity index (χ3n) is 2.83. The monoisotopic (exact) mass is 289 g/mol. The molecule has 4 N–H and O–H groups in total. The molecule has 0 atom stereocenters. The molecule has 1 aromatic heterocycles. The first-order chi connectivity index (χ1) is 10.0. The van der Waals surface area contributed by atoms with Gasteiger partial charge in [-0.05, 0) is 24.3 Å². The Morgan fingerprint density at radius 2 is 1.86 bits per heavy atom. The highest BCUT2D eigenvalue weighted by atomic mass is 16.5. The first-order valence-electron chi connectivity index (χ1n) is 6.19. The molecule has 2 rings (SSSR count). The Morgan fingerprint density at radius 3 is 2.38 bits per heavy atom. The highest BCUT2D eigenvalue weighted by molar-refractivity contribution is 5.76. The quantitative estimate of drug-likeness (QED) is 0.714. The molecule has 2 aromatic rings. The smallest absolute Gasteiger partial charge is 0.243 e. The summed E-state index contributed by atoms with van der Waals surface area (Å²) in [6, 6.07) is 7.62. The first kappa shape index (κ1) is 14.7. The van der Waals surface area contributed by atoms with Crippen molar-refractivity contribution in [2.45, 2.75) is 0 Å². The molecule has 112 valence electrons. The number of hydrogen-bond acceptors (Lipinski definition) is 8. The SMILES string of the molecule is COc1nc(N)nc(Nc2ccc(N(C)C)cc2)c1N[O-]. The average molecular weight is 289 g/mol. The van der Waals surface area contributed by atoms with Gasteiger partial charge < -0.3 is 31.4 Å². The summed E-state index contributed by atoms with van der Waals surface area (Å²) in [5.41, 5.74) is 9.28. The second kappa shape index (κ2) is 6.14. The average Bonchev–Trinajstić information content (AvgIpc) is 2.47. The number of nitrogens with zero attached hydrogens (tertiary/aromatic N) is 3. The van der Waals surface area contributed by atoms with Crippen molar-refractivity contribution < 1.29 is 4.74 Å². The van der Waals surface area contributed by atoms with Gasteiger partial charge in [-0.25, -0.2) is 0 Å². The van der Waals surface area contributed by atoms with Gasteiger partial charge in [-0.1, -0.05) is 0 Å². The first-order valence-corrected chi connectivity index (χ1v) is 6.19. The number of ether oxygens (including phenoxy) is 1. The maximum atomic E-state index is 11.1. The predicted molar refractivity (Wildman–Crippen MR) is 84.0 cm³/mol. The summed E-state index contributed by atoms with van der Waals surface area (Å²) in [4.78, 5) is 9.83. The molecular weight excluding hydrogens is 272 g/mol. The molecule has 0 unspecified atom stereocenters. The molecule has 0 saturated carbocycles. The van der Waals surface area contributed by atoms with Gasteiger partial charge in [-0.3, -0.25) is 0 Å². The molecule has 21 heavy (non-hydrogen) atoms. The van der Waals surface area contributed by atoms with Crippen molar-refractivity contribution in [3.63, 3.8) is 0 Å². The molecule has 0 amide bonds. The van der Waals surface area contributed by atoms with Crippen LogP contribution in [-0.2, 0) is 0 Å². The number of aromatic nitrogens is 2. The van der Waals surface area contributed by atoms with Crippen LogP contribution in [0.4, 0.5) is 28.8 Å². The lowest BCUT2D eigenvalue weighted by Gasteiger charge is -2.18. The maximum Gasteiger partial charge on any atom is 0.243 e. The Kier molecular flexibility index (Phi) is 4.29. The third kappa shape index (κ3) is 3.23. The number of rotatable bonds is 5. The van der Waals surface area contributed by atoms with Crippen molar-refractivity contribution in [1.82, 2.24) is 9.97 Å². The number of benzene rings is 1. The Bertz CT molecular complexity index is 615. The summed E-state index contributed by atoms with van der Waals surface area (Å²) < 4.78 is 5.01. The normalized spacial score (nSPS) is 10.1. The molecule has 0 saturated heterocycles. The molecule has 8 heteroatoms. The van der Waals surface area contributed by atoms with Crippen LogP contribution in [0.3, 0.4) is 0 Å². The predicted octanol–water partition coefficient (Wildman–Crippen LogP) is 1.79. The van der Waals surface area contributed by atoms with E-state index in [2.05, 4.69) is 15.3 Å². The second-order valence-corrected chi connectivity index (χ2v) is 4.48. The van der Waals surface area contributed by atoms with E-state index in [1.165, 1.54) is 7.11 Å². The van der Waals surface area contributed by atoms with Crippen molar-refractivity contribution >= 4 is 28.8 Å². The lowest BCUT2D eigenvalue weighted by atomic mass is 10.2. The minimum atomic E-state index is 0.0123. The van der Waals surface area contributed by atoms with Crippen LogP contribution in [0.25, 0.3) is 0 Å². The number of nitrogen functional groups attached to an aromatic ring is 1. The largest absolute Gasteiger partial charge is 0.761 e. The van der Waals surface area contributed by atoms with Gasteiger partial charge in [0.2, 0.25) is 11.8 Å². The number of nitrogens with two attached hydrogens (primary N) is 1. The zero-order valence-corrected chi connectivity index (χ0v) is 12.0. The van der Waals surface area contributed by atoms with Crippen LogP contribution in [0.5, 0.6) is 5.88 Å². The number of hydrogen-bond donors (Lipinski definition) is 3. The van der Waals surface area contributed by atoms with Gasteiger partial charge in [-0.2, -0.15) is 9.97 Å². The molecule has 0 fully saturated rings. The lowest BCUT2D eigenvalue weighted by molar-refractivity contribution is 0.400. The van der Waals surface area contributed by atoms with Crippen molar-refractivity contribution in [1.29, 1.82) is 0 Å². The van der Waals surface area contributed by atoms with Crippen LogP contribution in [0.15, 0.2) is 24.3 Å². The van der Waals surface area contributed by atoms with Crippen molar-refractivity contribution in [2.75, 3.05) is 42.6 Å². The molecule has 0 spiro atoms. The van der Waals surface area contributed by atoms with Crippen molar-refractivity contribution in [3.8, 4) is 5.88 Å². The fourth-order valence-electron chi connectivity index (χ4n) is 1.77. The summed E-state index contributed by atoms with van der Waals surface area (Å²) in [6.45, 7) is 0. The highest BCUT2D eigenvalue weighted by Gasteiger charge is 2.12. The van der Waals surface area contributed by atoms with Crippen LogP contribution < -0.4 is 26.2 Å². The second-order valence-electron chi connectivity index (χ2n) is 4.48. The zero-order chi connectivity index (χ0) is 15.4. The van der Waals surface area contributed by atoms with E-state index in [-0.39, 0.29) is 23.3 Å². The molecule has 0 aliphatic heterocycles. The van der Waals surface area contributed by atoms with Crippen LogP contribution in [0.2, 0.25) is 0 Å².